The molecule has 0 aromatic heterocycles. The average Bonchev–Trinajstić information content (AvgIpc) is 2.12. The minimum absolute atomic E-state index is 0.0262. The lowest BCUT2D eigenvalue weighted by Gasteiger charge is -2.41. The van der Waals surface area contributed by atoms with Gasteiger partial charge in [-0.15, -0.1) is 0 Å². The van der Waals surface area contributed by atoms with Gasteiger partial charge in [0, 0.05) is 0 Å². The minimum atomic E-state index is -1.09. The van der Waals surface area contributed by atoms with Crippen LogP contribution in [-0.4, -0.2) is 52.5 Å². The third-order valence-electron chi connectivity index (χ3n) is 2.47. The van der Waals surface area contributed by atoms with E-state index in [1.54, 1.807) is 20.8 Å². The molecule has 1 aliphatic heterocycles. The first-order chi connectivity index (χ1) is 8.02. The van der Waals surface area contributed by atoms with Crippen LogP contribution in [0.1, 0.15) is 34.6 Å². The topological polar surface area (TPSA) is 76.1 Å². The molecule has 18 heavy (non-hydrogen) atoms. The number of hydrogen-bond donors (Lipinski definition) is 1. The van der Waals surface area contributed by atoms with Gasteiger partial charge in [-0.25, -0.2) is 9.59 Å². The van der Waals surface area contributed by atoms with E-state index < -0.39 is 29.3 Å². The van der Waals surface area contributed by atoms with Crippen LogP contribution in [0.3, 0.4) is 0 Å². The number of carbonyl (C=O) groups excluding carboxylic acids is 1. The maximum atomic E-state index is 12.0. The summed E-state index contributed by atoms with van der Waals surface area (Å²) in [6.45, 7) is 9.01. The van der Waals surface area contributed by atoms with Gasteiger partial charge in [-0.2, -0.15) is 0 Å². The Morgan fingerprint density at radius 2 is 1.94 bits per heavy atom. The quantitative estimate of drug-likeness (QED) is 0.772. The average molecular weight is 259 g/mol. The molecule has 0 saturated carbocycles. The van der Waals surface area contributed by atoms with Crippen LogP contribution in [0.15, 0.2) is 0 Å². The molecule has 1 atom stereocenters. The Hall–Kier alpha value is -1.30. The van der Waals surface area contributed by atoms with Crippen molar-refractivity contribution < 1.29 is 24.2 Å². The van der Waals surface area contributed by atoms with Crippen molar-refractivity contribution in [3.8, 4) is 0 Å². The summed E-state index contributed by atoms with van der Waals surface area (Å²) in [5.41, 5.74) is -1.22. The third kappa shape index (κ3) is 3.87. The van der Waals surface area contributed by atoms with Gasteiger partial charge < -0.3 is 14.6 Å². The number of amides is 1. The van der Waals surface area contributed by atoms with Crippen molar-refractivity contribution >= 4 is 12.1 Å². The predicted molar refractivity (Wildman–Crippen MR) is 64.4 cm³/mol. The van der Waals surface area contributed by atoms with Crippen molar-refractivity contribution in [1.82, 2.24) is 4.90 Å². The monoisotopic (exact) mass is 259 g/mol. The standard InChI is InChI=1S/C12H21NO5/c1-11(2,3)18-10(16)13-7-12(4,5)17-6-8(13)9(14)15/h8H,6-7H2,1-5H3,(H,14,15)/t8-/m1/s1. The van der Waals surface area contributed by atoms with E-state index in [2.05, 4.69) is 0 Å². The summed E-state index contributed by atoms with van der Waals surface area (Å²) in [5, 5.41) is 9.10. The summed E-state index contributed by atoms with van der Waals surface area (Å²) in [5.74, 6) is -1.09. The van der Waals surface area contributed by atoms with Crippen LogP contribution in [0.4, 0.5) is 4.79 Å². The minimum Gasteiger partial charge on any atom is -0.480 e. The maximum Gasteiger partial charge on any atom is 0.411 e. The van der Waals surface area contributed by atoms with Gasteiger partial charge in [0.2, 0.25) is 0 Å². The molecule has 1 heterocycles. The van der Waals surface area contributed by atoms with Gasteiger partial charge in [-0.1, -0.05) is 0 Å². The van der Waals surface area contributed by atoms with Gasteiger partial charge in [-0.05, 0) is 34.6 Å². The molecule has 0 unspecified atom stereocenters. The highest BCUT2D eigenvalue weighted by molar-refractivity contribution is 5.80. The van der Waals surface area contributed by atoms with Crippen LogP contribution in [-0.2, 0) is 14.3 Å². The summed E-state index contributed by atoms with van der Waals surface area (Å²) < 4.78 is 10.6. The number of ether oxygens (including phenoxy) is 2. The first-order valence-corrected chi connectivity index (χ1v) is 5.88. The number of carboxylic acids is 1. The summed E-state index contributed by atoms with van der Waals surface area (Å²) in [7, 11) is 0. The molecule has 0 aromatic rings. The number of rotatable bonds is 1. The van der Waals surface area contributed by atoms with E-state index in [0.29, 0.717) is 0 Å². The molecule has 1 N–H and O–H groups in total. The molecule has 0 aromatic carbocycles. The Labute approximate surface area is 107 Å². The number of carbonyl (C=O) groups is 2. The van der Waals surface area contributed by atoms with Gasteiger partial charge in [0.15, 0.2) is 6.04 Å². The van der Waals surface area contributed by atoms with E-state index >= 15 is 0 Å². The number of aliphatic carboxylic acids is 1. The van der Waals surface area contributed by atoms with Crippen LogP contribution < -0.4 is 0 Å². The molecule has 0 aliphatic carbocycles. The number of carboxylic acid groups (broad SMARTS) is 1. The lowest BCUT2D eigenvalue weighted by molar-refractivity contribution is -0.160. The van der Waals surface area contributed by atoms with Crippen molar-refractivity contribution in [1.29, 1.82) is 0 Å². The van der Waals surface area contributed by atoms with E-state index in [-0.39, 0.29) is 13.2 Å². The van der Waals surface area contributed by atoms with Crippen LogP contribution >= 0.6 is 0 Å². The molecule has 0 radical (unpaired) electrons. The van der Waals surface area contributed by atoms with Crippen molar-refractivity contribution in [3.05, 3.63) is 0 Å². The Balaban J connectivity index is 2.85. The SMILES string of the molecule is CC(C)(C)OC(=O)N1CC(C)(C)OC[C@@H]1C(=O)O. The first-order valence-electron chi connectivity index (χ1n) is 5.88. The lowest BCUT2D eigenvalue weighted by Crippen LogP contribution is -2.59. The van der Waals surface area contributed by atoms with Gasteiger partial charge >= 0.3 is 12.1 Å². The zero-order valence-electron chi connectivity index (χ0n) is 11.5. The molecule has 1 rings (SSSR count). The molecule has 6 nitrogen and oxygen atoms in total. The molecule has 1 amide bonds. The Kier molecular flexibility index (Phi) is 3.90. The van der Waals surface area contributed by atoms with E-state index in [1.807, 2.05) is 13.8 Å². The van der Waals surface area contributed by atoms with Crippen LogP contribution in [0.5, 0.6) is 0 Å². The summed E-state index contributed by atoms with van der Waals surface area (Å²) in [4.78, 5) is 24.3. The Morgan fingerprint density at radius 3 is 2.39 bits per heavy atom. The van der Waals surface area contributed by atoms with E-state index in [9.17, 15) is 9.59 Å². The van der Waals surface area contributed by atoms with Crippen molar-refractivity contribution in [2.75, 3.05) is 13.2 Å². The molecule has 0 spiro atoms. The second kappa shape index (κ2) is 4.76. The van der Waals surface area contributed by atoms with Gasteiger partial charge in [-0.3, -0.25) is 4.90 Å². The van der Waals surface area contributed by atoms with Crippen LogP contribution in [0, 0.1) is 0 Å². The van der Waals surface area contributed by atoms with E-state index in [0.717, 1.165) is 0 Å². The fourth-order valence-electron chi connectivity index (χ4n) is 1.68. The molecule has 0 bridgehead atoms. The smallest absolute Gasteiger partial charge is 0.411 e. The Bertz CT molecular complexity index is 345. The summed E-state index contributed by atoms with van der Waals surface area (Å²) in [6, 6.07) is -0.993. The van der Waals surface area contributed by atoms with Gasteiger partial charge in [0.25, 0.3) is 0 Å². The molecule has 1 aliphatic rings. The first kappa shape index (κ1) is 14.8. The maximum absolute atomic E-state index is 12.0. The van der Waals surface area contributed by atoms with Crippen molar-refractivity contribution in [2.45, 2.75) is 51.9 Å². The molecular formula is C12H21NO5. The van der Waals surface area contributed by atoms with E-state index in [4.69, 9.17) is 14.6 Å². The summed E-state index contributed by atoms with van der Waals surface area (Å²) in [6.07, 6.45) is -0.619. The fourth-order valence-corrected chi connectivity index (χ4v) is 1.68. The van der Waals surface area contributed by atoms with Crippen LogP contribution in [0.25, 0.3) is 0 Å². The normalized spacial score (nSPS) is 23.6. The third-order valence-corrected chi connectivity index (χ3v) is 2.47. The second-order valence-corrected chi connectivity index (χ2v) is 6.03. The molecule has 1 fully saturated rings. The predicted octanol–water partition coefficient (Wildman–Crippen LogP) is 1.49. The summed E-state index contributed by atoms with van der Waals surface area (Å²) >= 11 is 0. The highest BCUT2D eigenvalue weighted by atomic mass is 16.6. The Morgan fingerprint density at radius 1 is 1.39 bits per heavy atom. The zero-order valence-corrected chi connectivity index (χ0v) is 11.5. The van der Waals surface area contributed by atoms with Crippen molar-refractivity contribution in [3.63, 3.8) is 0 Å². The molecule has 1 saturated heterocycles. The van der Waals surface area contributed by atoms with Gasteiger partial charge in [0.05, 0.1) is 18.8 Å². The van der Waals surface area contributed by atoms with E-state index in [1.165, 1.54) is 4.90 Å². The van der Waals surface area contributed by atoms with Crippen LogP contribution in [0.2, 0.25) is 0 Å². The zero-order chi connectivity index (χ0) is 14.1. The molecular weight excluding hydrogens is 238 g/mol. The largest absolute Gasteiger partial charge is 0.480 e. The molecule has 104 valence electrons. The number of hydrogen-bond acceptors (Lipinski definition) is 4. The highest BCUT2D eigenvalue weighted by Gasteiger charge is 2.41. The number of nitrogens with zero attached hydrogens (tertiary/aromatic N) is 1. The molecule has 6 heteroatoms. The van der Waals surface area contributed by atoms with Gasteiger partial charge in [0.1, 0.15) is 5.60 Å². The fraction of sp³-hybridized carbons (Fsp3) is 0.833. The second-order valence-electron chi connectivity index (χ2n) is 6.03. The van der Waals surface area contributed by atoms with Crippen molar-refractivity contribution in [2.24, 2.45) is 0 Å². The number of morpholine rings is 1. The highest BCUT2D eigenvalue weighted by Crippen LogP contribution is 2.23. The lowest BCUT2D eigenvalue weighted by atomic mass is 10.0.